The van der Waals surface area contributed by atoms with Crippen molar-refractivity contribution in [3.63, 3.8) is 0 Å². The summed E-state index contributed by atoms with van der Waals surface area (Å²) >= 11 is 0. The highest BCUT2D eigenvalue weighted by Crippen LogP contribution is 2.24. The van der Waals surface area contributed by atoms with E-state index in [4.69, 9.17) is 9.47 Å². The molecule has 0 aromatic heterocycles. The molecule has 1 aromatic rings. The van der Waals surface area contributed by atoms with Crippen molar-refractivity contribution in [1.29, 1.82) is 0 Å². The summed E-state index contributed by atoms with van der Waals surface area (Å²) in [6, 6.07) is 9.64. The van der Waals surface area contributed by atoms with Gasteiger partial charge in [0.05, 0.1) is 13.2 Å². The van der Waals surface area contributed by atoms with Gasteiger partial charge in [-0.3, -0.25) is 5.32 Å². The number of benzene rings is 1. The van der Waals surface area contributed by atoms with Gasteiger partial charge in [0.25, 0.3) is 0 Å². The monoisotopic (exact) mass is 287 g/mol. The van der Waals surface area contributed by atoms with Gasteiger partial charge in [-0.1, -0.05) is 30.3 Å². The molecule has 0 spiro atoms. The summed E-state index contributed by atoms with van der Waals surface area (Å²) in [5.41, 5.74) is 1.96. The fourth-order valence-corrected chi connectivity index (χ4v) is 2.30. The van der Waals surface area contributed by atoms with Gasteiger partial charge >= 0.3 is 6.09 Å². The van der Waals surface area contributed by atoms with Crippen molar-refractivity contribution in [2.75, 3.05) is 13.2 Å². The minimum Gasteiger partial charge on any atom is -0.441 e. The number of hydrogen-bond donors (Lipinski definition) is 1. The standard InChI is InChI=1S/C15H17N3O3/c19-15-16-14(18-17-12-6-8-20-9-7-12)10-13(21-15)11-4-2-1-3-5-11/h1-5,13H,6-10H2,(H,16,18,19). The number of ether oxygens (including phenoxy) is 2. The van der Waals surface area contributed by atoms with Crippen LogP contribution in [0.2, 0.25) is 0 Å². The van der Waals surface area contributed by atoms with E-state index in [2.05, 4.69) is 15.5 Å². The van der Waals surface area contributed by atoms with Gasteiger partial charge in [0.15, 0.2) is 0 Å². The van der Waals surface area contributed by atoms with Gasteiger partial charge in [-0.05, 0) is 5.56 Å². The zero-order valence-electron chi connectivity index (χ0n) is 11.6. The van der Waals surface area contributed by atoms with E-state index >= 15 is 0 Å². The lowest BCUT2D eigenvalue weighted by molar-refractivity contribution is 0.0959. The third-order valence-corrected chi connectivity index (χ3v) is 3.43. The molecule has 0 saturated carbocycles. The van der Waals surface area contributed by atoms with Gasteiger partial charge in [-0.15, -0.1) is 5.10 Å². The van der Waals surface area contributed by atoms with Crippen LogP contribution < -0.4 is 5.32 Å². The Labute approximate surface area is 122 Å². The van der Waals surface area contributed by atoms with E-state index in [-0.39, 0.29) is 6.10 Å². The average Bonchev–Trinajstić information content (AvgIpc) is 2.54. The molecule has 1 atom stereocenters. The molecule has 0 radical (unpaired) electrons. The highest BCUT2D eigenvalue weighted by molar-refractivity contribution is 5.98. The Bertz CT molecular complexity index is 561. The number of carbonyl (C=O) groups is 1. The largest absolute Gasteiger partial charge is 0.441 e. The number of amidine groups is 1. The van der Waals surface area contributed by atoms with Gasteiger partial charge in [0.2, 0.25) is 0 Å². The molecule has 2 saturated heterocycles. The van der Waals surface area contributed by atoms with Gasteiger partial charge in [0.1, 0.15) is 11.9 Å². The van der Waals surface area contributed by atoms with Crippen LogP contribution in [-0.4, -0.2) is 30.9 Å². The molecule has 6 heteroatoms. The average molecular weight is 287 g/mol. The first kappa shape index (κ1) is 13.8. The molecule has 2 heterocycles. The molecule has 3 rings (SSSR count). The van der Waals surface area contributed by atoms with E-state index in [1.54, 1.807) is 0 Å². The number of rotatable bonds is 2. The van der Waals surface area contributed by atoms with E-state index < -0.39 is 6.09 Å². The molecule has 1 unspecified atom stereocenters. The number of amides is 1. The number of hydrogen-bond acceptors (Lipinski definition) is 5. The van der Waals surface area contributed by atoms with Gasteiger partial charge in [-0.2, -0.15) is 5.10 Å². The van der Waals surface area contributed by atoms with Crippen molar-refractivity contribution < 1.29 is 14.3 Å². The number of carbonyl (C=O) groups excluding carboxylic acids is 1. The van der Waals surface area contributed by atoms with Crippen LogP contribution in [-0.2, 0) is 9.47 Å². The first-order chi connectivity index (χ1) is 10.3. The molecule has 1 N–H and O–H groups in total. The Morgan fingerprint density at radius 3 is 2.62 bits per heavy atom. The third-order valence-electron chi connectivity index (χ3n) is 3.43. The van der Waals surface area contributed by atoms with Crippen molar-refractivity contribution in [3.8, 4) is 0 Å². The number of alkyl carbamates (subject to hydrolysis) is 1. The second kappa shape index (κ2) is 6.49. The highest BCUT2D eigenvalue weighted by Gasteiger charge is 2.26. The van der Waals surface area contributed by atoms with E-state index in [0.29, 0.717) is 25.5 Å². The Morgan fingerprint density at radius 2 is 1.86 bits per heavy atom. The molecule has 2 fully saturated rings. The van der Waals surface area contributed by atoms with Crippen molar-refractivity contribution in [2.45, 2.75) is 25.4 Å². The van der Waals surface area contributed by atoms with Crippen molar-refractivity contribution in [2.24, 2.45) is 10.2 Å². The van der Waals surface area contributed by atoms with E-state index in [1.807, 2.05) is 30.3 Å². The maximum absolute atomic E-state index is 11.6. The Balaban J connectivity index is 1.72. The molecule has 2 aliphatic rings. The molecular weight excluding hydrogens is 270 g/mol. The molecule has 1 aromatic carbocycles. The minimum atomic E-state index is -0.485. The van der Waals surface area contributed by atoms with Crippen molar-refractivity contribution in [1.82, 2.24) is 5.32 Å². The molecular formula is C15H17N3O3. The lowest BCUT2D eigenvalue weighted by Gasteiger charge is -2.24. The lowest BCUT2D eigenvalue weighted by Crippen LogP contribution is -2.39. The SMILES string of the molecule is O=C1N/C(=N/N=C2CCOCC2)CC(c2ccccc2)O1. The molecule has 21 heavy (non-hydrogen) atoms. The minimum absolute atomic E-state index is 0.311. The number of nitrogens with zero attached hydrogens (tertiary/aromatic N) is 2. The second-order valence-corrected chi connectivity index (χ2v) is 4.96. The normalized spacial score (nSPS) is 24.4. The quantitative estimate of drug-likeness (QED) is 0.849. The van der Waals surface area contributed by atoms with Crippen LogP contribution in [0.5, 0.6) is 0 Å². The summed E-state index contributed by atoms with van der Waals surface area (Å²) in [5.74, 6) is 0.541. The van der Waals surface area contributed by atoms with Crippen LogP contribution in [0.4, 0.5) is 4.79 Å². The number of cyclic esters (lactones) is 1. The summed E-state index contributed by atoms with van der Waals surface area (Å²) in [7, 11) is 0. The molecule has 6 nitrogen and oxygen atoms in total. The fourth-order valence-electron chi connectivity index (χ4n) is 2.30. The van der Waals surface area contributed by atoms with E-state index in [0.717, 1.165) is 24.1 Å². The van der Waals surface area contributed by atoms with Crippen molar-refractivity contribution >= 4 is 17.6 Å². The maximum Gasteiger partial charge on any atom is 0.413 e. The molecule has 110 valence electrons. The summed E-state index contributed by atoms with van der Waals surface area (Å²) in [6.45, 7) is 1.37. The maximum atomic E-state index is 11.6. The van der Waals surface area contributed by atoms with E-state index in [1.165, 1.54) is 0 Å². The topological polar surface area (TPSA) is 72.3 Å². The molecule has 2 aliphatic heterocycles. The first-order valence-electron chi connectivity index (χ1n) is 7.04. The van der Waals surface area contributed by atoms with Gasteiger partial charge in [-0.25, -0.2) is 4.79 Å². The number of nitrogens with one attached hydrogen (secondary N) is 1. The predicted octanol–water partition coefficient (Wildman–Crippen LogP) is 2.42. The predicted molar refractivity (Wildman–Crippen MR) is 78.3 cm³/mol. The highest BCUT2D eigenvalue weighted by atomic mass is 16.6. The van der Waals surface area contributed by atoms with Gasteiger partial charge < -0.3 is 9.47 Å². The van der Waals surface area contributed by atoms with Gasteiger partial charge in [0, 0.05) is 25.0 Å². The molecule has 1 amide bonds. The van der Waals surface area contributed by atoms with Crippen LogP contribution in [0.25, 0.3) is 0 Å². The molecule has 0 aliphatic carbocycles. The summed E-state index contributed by atoms with van der Waals surface area (Å²) < 4.78 is 10.6. The smallest absolute Gasteiger partial charge is 0.413 e. The zero-order chi connectivity index (χ0) is 14.5. The van der Waals surface area contributed by atoms with Crippen LogP contribution >= 0.6 is 0 Å². The van der Waals surface area contributed by atoms with E-state index in [9.17, 15) is 4.79 Å². The zero-order valence-corrected chi connectivity index (χ0v) is 11.6. The Kier molecular flexibility index (Phi) is 4.25. The van der Waals surface area contributed by atoms with Crippen LogP contribution in [0, 0.1) is 0 Å². The summed E-state index contributed by atoms with van der Waals surface area (Å²) in [4.78, 5) is 11.6. The Morgan fingerprint density at radius 1 is 1.10 bits per heavy atom. The lowest BCUT2D eigenvalue weighted by atomic mass is 10.1. The fraction of sp³-hybridized carbons (Fsp3) is 0.400. The summed E-state index contributed by atoms with van der Waals surface area (Å²) in [5, 5.41) is 11.0. The molecule has 0 bridgehead atoms. The van der Waals surface area contributed by atoms with Crippen LogP contribution in [0.15, 0.2) is 40.5 Å². The third kappa shape index (κ3) is 3.66. The first-order valence-corrected chi connectivity index (χ1v) is 7.04. The second-order valence-electron chi connectivity index (χ2n) is 4.96. The van der Waals surface area contributed by atoms with Crippen LogP contribution in [0.3, 0.4) is 0 Å². The van der Waals surface area contributed by atoms with Crippen LogP contribution in [0.1, 0.15) is 30.9 Å². The van der Waals surface area contributed by atoms with Crippen molar-refractivity contribution in [3.05, 3.63) is 35.9 Å². The Hall–Kier alpha value is -2.21. The summed E-state index contributed by atoms with van der Waals surface area (Å²) in [6.07, 6.45) is 1.30.